The van der Waals surface area contributed by atoms with E-state index in [0.717, 1.165) is 192 Å². The Kier molecular flexibility index (Phi) is 32.5. The zero-order chi connectivity index (χ0) is 90.7. The molecule has 5 spiro atoms. The van der Waals surface area contributed by atoms with Crippen molar-refractivity contribution in [3.63, 3.8) is 0 Å². The molecule has 15 aliphatic rings. The van der Waals surface area contributed by atoms with Gasteiger partial charge in [-0.2, -0.15) is 21.3 Å². The van der Waals surface area contributed by atoms with Gasteiger partial charge >= 0.3 is 0 Å². The average molecular weight is 1780 g/mol. The number of aliphatic hydroxyl groups excluding tert-OH is 1. The van der Waals surface area contributed by atoms with Gasteiger partial charge in [0.25, 0.3) is 5.96 Å². The number of hydrogen-bond acceptors (Lipinski definition) is 18. The molecule has 11 saturated carbocycles. The van der Waals surface area contributed by atoms with Gasteiger partial charge in [-0.15, -0.1) is 0 Å². The minimum atomic E-state index is -0.553. The second-order valence-electron chi connectivity index (χ2n) is 40.5. The maximum atomic E-state index is 13.0. The monoisotopic (exact) mass is 1780 g/mol. The topological polar surface area (TPSA) is 326 Å². The lowest BCUT2D eigenvalue weighted by atomic mass is 9.53. The van der Waals surface area contributed by atoms with Gasteiger partial charge in [0.2, 0.25) is 11.6 Å². The van der Waals surface area contributed by atoms with Gasteiger partial charge in [-0.3, -0.25) is 4.99 Å². The number of rotatable bonds is 15. The molecule has 1 unspecified atom stereocenters. The van der Waals surface area contributed by atoms with E-state index in [0.29, 0.717) is 81.4 Å². The van der Waals surface area contributed by atoms with E-state index >= 15 is 0 Å². The number of aliphatic imine (C=N–C) groups is 1. The standard InChI is InChI=1S/C23H31NO3.C16H23N5.3C15H21NO2.C13H19N.C11H14FNO/c24-15-21(18-4-2-1-3-5-18)6-8-22(9-7-21)25-23(27-26-22)19-11-16-10-17(13-19)14-20(23)12-16;1-18-15(21-19-2)20-14-8-10-16(12-17,11-9-14)13-6-4-3-5-7-13;16-12-14(13-5-2-1-3-6-13)7-4-8-15(11-14)17-9-10-18-15;2*16-12-14(13-4-2-1-3-5-13)6-8-15(9-7-14)17-10-11-18-15;14-11-13(9-5-2-6-10-13)12-7-3-1-4-8-12;12-9-3-1-2-8(4-9)11(7-13)5-10(14)6-11/h1-5,16-17,19-20H,6-15,24H2;3-7,14H,8-12,17H2,1H3,(H2,18,20,21);1-3,5-6H,4,7-12,16H2;2*1-5H,6-12,16H2;1,3-4,7-8H,2,5-6,9-11,14H2;1-4,10,14H,5-7,13H2. The Hall–Kier alpha value is -7.45. The van der Waals surface area contributed by atoms with Crippen LogP contribution < -0.4 is 50.9 Å². The summed E-state index contributed by atoms with van der Waals surface area (Å²) in [6.07, 6.45) is 34.2. The normalized spacial score (nSPS) is 32.3. The highest BCUT2D eigenvalue weighted by atomic mass is 19.1. The molecule has 4 heterocycles. The van der Waals surface area contributed by atoms with Crippen molar-refractivity contribution in [2.24, 2.45) is 68.8 Å². The van der Waals surface area contributed by atoms with Gasteiger partial charge in [0, 0.05) is 160 Å². The van der Waals surface area contributed by atoms with E-state index in [4.69, 9.17) is 89.6 Å². The first-order chi connectivity index (χ1) is 63.3. The first kappa shape index (κ1) is 97.1. The second-order valence-corrected chi connectivity index (χ2v) is 40.5. The van der Waals surface area contributed by atoms with Crippen LogP contribution in [-0.2, 0) is 80.8 Å². The van der Waals surface area contributed by atoms with Crippen LogP contribution in [0.4, 0.5) is 4.39 Å². The predicted octanol–water partition coefficient (Wildman–Crippen LogP) is 16.7. The van der Waals surface area contributed by atoms with Gasteiger partial charge in [-0.25, -0.2) is 4.39 Å². The number of guanidine groups is 1. The zero-order valence-corrected chi connectivity index (χ0v) is 77.3. The highest BCUT2D eigenvalue weighted by molar-refractivity contribution is 5.80. The largest absolute Gasteiger partial charge is 0.393 e. The van der Waals surface area contributed by atoms with Gasteiger partial charge in [-0.05, 0) is 198 Å². The Morgan fingerprint density at radius 1 is 0.377 bits per heavy atom. The number of nitrogens with one attached hydrogen (secondary N) is 2. The first-order valence-electron chi connectivity index (χ1n) is 49.2. The van der Waals surface area contributed by atoms with Gasteiger partial charge in [-0.1, -0.05) is 219 Å². The average Bonchev–Trinajstić information content (AvgIpc) is 1.50. The van der Waals surface area contributed by atoms with E-state index in [9.17, 15) is 9.50 Å². The molecule has 7 aromatic rings. The summed E-state index contributed by atoms with van der Waals surface area (Å²) in [5.41, 5.74) is 54.4. The lowest BCUT2D eigenvalue weighted by Gasteiger charge is -2.57. The Balaban J connectivity index is 0.000000118. The van der Waals surface area contributed by atoms with Crippen molar-refractivity contribution < 1.29 is 52.4 Å². The van der Waals surface area contributed by atoms with Crippen molar-refractivity contribution in [2.45, 2.75) is 284 Å². The van der Waals surface area contributed by atoms with Crippen LogP contribution in [0.15, 0.2) is 211 Å². The van der Waals surface area contributed by atoms with Gasteiger partial charge in [0.1, 0.15) is 5.82 Å². The van der Waals surface area contributed by atoms with Crippen LogP contribution in [0.5, 0.6) is 0 Å². The van der Waals surface area contributed by atoms with Crippen LogP contribution in [-0.4, -0.2) is 145 Å². The zero-order valence-electron chi connectivity index (χ0n) is 77.3. The van der Waals surface area contributed by atoms with Crippen LogP contribution >= 0.6 is 0 Å². The number of halogens is 1. The molecule has 21 nitrogen and oxygen atoms in total. The lowest BCUT2D eigenvalue weighted by Crippen LogP contribution is -2.59. The number of nitrogens with two attached hydrogens (primary N) is 7. The van der Waals surface area contributed by atoms with E-state index in [1.54, 1.807) is 13.1 Å². The minimum Gasteiger partial charge on any atom is -0.393 e. The smallest absolute Gasteiger partial charge is 0.262 e. The van der Waals surface area contributed by atoms with Crippen LogP contribution in [0.1, 0.15) is 244 Å². The molecule has 0 amide bonds. The molecule has 22 rings (SSSR count). The van der Waals surface area contributed by atoms with E-state index in [-0.39, 0.29) is 61.8 Å². The fourth-order valence-electron chi connectivity index (χ4n) is 25.3. The fourth-order valence-corrected chi connectivity index (χ4v) is 25.3. The van der Waals surface area contributed by atoms with Crippen LogP contribution in [0.3, 0.4) is 0 Å². The third-order valence-electron chi connectivity index (χ3n) is 33.3. The molecule has 4 aliphatic heterocycles. The summed E-state index contributed by atoms with van der Waals surface area (Å²) in [4.78, 5) is 19.4. The lowest BCUT2D eigenvalue weighted by molar-refractivity contribution is -0.390. The summed E-state index contributed by atoms with van der Waals surface area (Å²) >= 11 is 0. The number of ether oxygens (including phenoxy) is 7. The molecule has 704 valence electrons. The summed E-state index contributed by atoms with van der Waals surface area (Å²) in [5.74, 6) is 1.20. The summed E-state index contributed by atoms with van der Waals surface area (Å²) in [6.45, 7) is 15.9. The third kappa shape index (κ3) is 21.6. The Morgan fingerprint density at radius 3 is 1.07 bits per heavy atom. The van der Waals surface area contributed by atoms with Crippen LogP contribution in [0, 0.1) is 36.1 Å². The fraction of sp³-hybridized carbons (Fsp3) is 0.593. The van der Waals surface area contributed by atoms with Crippen molar-refractivity contribution in [2.75, 3.05) is 92.5 Å². The molecule has 130 heavy (non-hydrogen) atoms. The maximum absolute atomic E-state index is 13.0. The summed E-state index contributed by atoms with van der Waals surface area (Å²) < 4.78 is 54.8. The van der Waals surface area contributed by atoms with E-state index in [2.05, 4.69) is 197 Å². The third-order valence-corrected chi connectivity index (χ3v) is 33.3. The SMILES string of the molecule is NCC1(c2cccc(F)c2)CC(O)C1.NCC1(c2ccccc2)CCC2(CC1)OCCO2.NCC1(c2ccccc2)CCC2(CC1)OCCO2.NCC1(c2ccccc2)CCC2(CC1)OOC1(O2)C2CC3CC(C2)CC1C3.NCC1(c2ccccc2)CCCC2(C1)OCCO2.NCC1(c2ccccc2)CCCCC1.[C-]#[N+]NC(=NC)NC1CCC(CN)(c2ccccc2)CC1. The molecule has 17 N–H and O–H groups in total. The van der Waals surface area contributed by atoms with Crippen molar-refractivity contribution in [1.29, 1.82) is 0 Å². The Morgan fingerprint density at radius 2 is 0.715 bits per heavy atom. The molecule has 22 heteroatoms. The molecule has 11 aliphatic carbocycles. The number of aliphatic hydroxyl groups is 1. The van der Waals surface area contributed by atoms with Crippen molar-refractivity contribution in [3.05, 3.63) is 263 Å². The number of hydrogen-bond donors (Lipinski definition) is 10. The molecule has 7 aromatic carbocycles. The minimum absolute atomic E-state index is 0.0177. The van der Waals surface area contributed by atoms with Crippen molar-refractivity contribution in [1.82, 2.24) is 10.7 Å². The van der Waals surface area contributed by atoms with Gasteiger partial charge in [0.05, 0.1) is 45.7 Å². The Labute approximate surface area is 773 Å². The second kappa shape index (κ2) is 43.5. The van der Waals surface area contributed by atoms with E-state index in [1.165, 1.54) is 110 Å². The van der Waals surface area contributed by atoms with E-state index in [1.807, 2.05) is 12.1 Å². The van der Waals surface area contributed by atoms with Crippen LogP contribution in [0.25, 0.3) is 4.95 Å². The summed E-state index contributed by atoms with van der Waals surface area (Å²) in [5, 5.41) is 12.6. The van der Waals surface area contributed by atoms with Gasteiger partial charge in [0.15, 0.2) is 17.4 Å². The quantitative estimate of drug-likeness (QED) is 0.0150. The van der Waals surface area contributed by atoms with Crippen molar-refractivity contribution in [3.8, 4) is 0 Å². The first-order valence-corrected chi connectivity index (χ1v) is 49.2. The molecule has 15 fully saturated rings. The molecule has 4 bridgehead atoms. The number of nitrogens with zero attached hydrogens (tertiary/aromatic N) is 2. The summed E-state index contributed by atoms with van der Waals surface area (Å²) in [7, 11) is 1.68. The Bertz CT molecular complexity index is 4540. The van der Waals surface area contributed by atoms with E-state index < -0.39 is 11.6 Å². The molecular formula is C108H150FN11O10. The highest BCUT2D eigenvalue weighted by Crippen LogP contribution is 2.65. The summed E-state index contributed by atoms with van der Waals surface area (Å²) in [6, 6.07) is 70.8. The molecule has 0 aromatic heterocycles. The number of benzene rings is 7. The molecule has 0 radical (unpaired) electrons. The molecule has 1 atom stereocenters. The predicted molar refractivity (Wildman–Crippen MR) is 511 cm³/mol. The molecular weight excluding hydrogens is 1630 g/mol. The maximum Gasteiger partial charge on any atom is 0.262 e. The van der Waals surface area contributed by atoms with Crippen LogP contribution in [0.2, 0.25) is 0 Å². The van der Waals surface area contributed by atoms with Crippen molar-refractivity contribution >= 4 is 5.96 Å². The molecule has 4 saturated heterocycles. The van der Waals surface area contributed by atoms with Gasteiger partial charge < -0.3 is 83.7 Å². The highest BCUT2D eigenvalue weighted by Gasteiger charge is 2.68.